The summed E-state index contributed by atoms with van der Waals surface area (Å²) in [6, 6.07) is 8.66. The maximum atomic E-state index is 11.4. The molecule has 1 aliphatic carbocycles. The molecular weight excluding hydrogens is 552 g/mol. The Morgan fingerprint density at radius 3 is 2.69 bits per heavy atom. The molecule has 0 saturated heterocycles. The Hall–Kier alpha value is -0.255. The van der Waals surface area contributed by atoms with Crippen molar-refractivity contribution in [3.05, 3.63) is 59.9 Å². The van der Waals surface area contributed by atoms with Gasteiger partial charge in [0.2, 0.25) is 0 Å². The number of thioether (sulfide) groups is 1. The second kappa shape index (κ2) is 13.0. The summed E-state index contributed by atoms with van der Waals surface area (Å²) >= 11 is 1.84. The maximum absolute atomic E-state index is 11.4. The number of aryl methyl sites for hydroxylation is 1. The van der Waals surface area contributed by atoms with E-state index in [0.717, 1.165) is 25.7 Å². The van der Waals surface area contributed by atoms with Gasteiger partial charge in [-0.25, -0.2) is 4.79 Å². The summed E-state index contributed by atoms with van der Waals surface area (Å²) in [7, 11) is 0. The molecule has 0 spiro atoms. The summed E-state index contributed by atoms with van der Waals surface area (Å²) in [6.07, 6.45) is 11.0. The molecule has 138 valence electrons. The van der Waals surface area contributed by atoms with Crippen LogP contribution in [0.15, 0.2) is 52.3 Å². The number of rotatable bonds is 7. The molecule has 0 aliphatic heterocycles. The molecule has 2 rings (SSSR count). The predicted octanol–water partition coefficient (Wildman–Crippen LogP) is 2.88. The minimum Gasteiger partial charge on any atom is -1.00 e. The average Bonchev–Trinajstić information content (AvgIpc) is 2.56. The van der Waals surface area contributed by atoms with Crippen LogP contribution in [0, 0.1) is 19.3 Å². The molecular formula is C21H27ClHgO2S. The van der Waals surface area contributed by atoms with Crippen LogP contribution in [0.3, 0.4) is 0 Å². The van der Waals surface area contributed by atoms with Crippen molar-refractivity contribution in [1.82, 2.24) is 0 Å². The van der Waals surface area contributed by atoms with Crippen LogP contribution >= 0.6 is 11.8 Å². The molecule has 26 heavy (non-hydrogen) atoms. The number of hydrogen-bond donors (Lipinski definition) is 0. The minimum absolute atomic E-state index is 0. The fourth-order valence-corrected chi connectivity index (χ4v) is 4.02. The van der Waals surface area contributed by atoms with E-state index in [-0.39, 0.29) is 51.5 Å². The number of esters is 1. The van der Waals surface area contributed by atoms with Crippen molar-refractivity contribution in [1.29, 1.82) is 0 Å². The summed E-state index contributed by atoms with van der Waals surface area (Å²) in [6.45, 7) is 8.88. The predicted molar refractivity (Wildman–Crippen MR) is 102 cm³/mol. The number of carbonyl (C=O) groups excluding carboxylic acids is 1. The molecule has 1 atom stereocenters. The Kier molecular flexibility index (Phi) is 12.9. The van der Waals surface area contributed by atoms with Crippen LogP contribution in [0.4, 0.5) is 0 Å². The molecule has 0 saturated carbocycles. The monoisotopic (exact) mass is 580 g/mol. The van der Waals surface area contributed by atoms with Gasteiger partial charge in [0.15, 0.2) is 0 Å². The number of hydrogen-bond acceptors (Lipinski definition) is 3. The van der Waals surface area contributed by atoms with E-state index in [0.29, 0.717) is 6.61 Å². The van der Waals surface area contributed by atoms with Crippen molar-refractivity contribution in [2.45, 2.75) is 50.8 Å². The molecule has 0 bridgehead atoms. The normalized spacial score (nSPS) is 19.3. The van der Waals surface area contributed by atoms with Crippen LogP contribution in [0.2, 0.25) is 0 Å². The smallest absolute Gasteiger partial charge is 1.00 e. The molecule has 0 N–H and O–H groups in total. The Bertz CT molecular complexity index is 613. The number of carbonyl (C=O) groups is 1. The first-order chi connectivity index (χ1) is 11.5. The van der Waals surface area contributed by atoms with E-state index < -0.39 is 0 Å². The molecule has 0 amide bonds. The summed E-state index contributed by atoms with van der Waals surface area (Å²) in [5.74, 6) is -0.260. The van der Waals surface area contributed by atoms with Gasteiger partial charge in [0.05, 0.1) is 6.61 Å². The second-order valence-electron chi connectivity index (χ2n) is 6.35. The zero-order valence-electron chi connectivity index (χ0n) is 15.8. The van der Waals surface area contributed by atoms with Crippen molar-refractivity contribution in [2.24, 2.45) is 5.41 Å². The zero-order valence-corrected chi connectivity index (χ0v) is 22.9. The van der Waals surface area contributed by atoms with Crippen molar-refractivity contribution in [2.75, 3.05) is 6.61 Å². The van der Waals surface area contributed by atoms with Gasteiger partial charge in [0.1, 0.15) is 0 Å². The largest absolute Gasteiger partial charge is 1.00 e. The van der Waals surface area contributed by atoms with Crippen LogP contribution in [0.25, 0.3) is 0 Å². The summed E-state index contributed by atoms with van der Waals surface area (Å²) < 4.78 is 4.91. The first-order valence-corrected chi connectivity index (χ1v) is 9.49. The number of ether oxygens (including phenoxy) is 1. The van der Waals surface area contributed by atoms with Gasteiger partial charge in [0.25, 0.3) is 0 Å². The maximum Gasteiger partial charge on any atom is 1.00 e. The molecule has 0 fully saturated rings. The molecule has 1 aliphatic rings. The third-order valence-electron chi connectivity index (χ3n) is 4.29. The second-order valence-corrected chi connectivity index (χ2v) is 7.46. The fourth-order valence-electron chi connectivity index (χ4n) is 2.87. The van der Waals surface area contributed by atoms with Gasteiger partial charge in [-0.2, -0.15) is 0 Å². The van der Waals surface area contributed by atoms with E-state index >= 15 is 0 Å². The quantitative estimate of drug-likeness (QED) is 0.283. The standard InChI is InChI=1S/C21H27O2S.ClH.Hg/c1-4-23-20(22)10-6-8-16-21(3)15-7-5-9-19(21)24-18-13-11-17(2)12-14-18;;/h6,9-14H,3-5,7-8,15-16H2,1-2H3;1H;/q;;+1/p-1/b10-6+;;/t21-;;/m0../s1. The SMILES string of the molecule is [CH2][C@@]1(CC/C=C/C(=O)OCC)CCCC=C1Sc1ccc(C)cc1.[Cl-].[Hg+]. The van der Waals surface area contributed by atoms with Gasteiger partial charge in [-0.05, 0) is 69.9 Å². The van der Waals surface area contributed by atoms with Crippen molar-refractivity contribution in [3.8, 4) is 0 Å². The first kappa shape index (κ1) is 25.7. The van der Waals surface area contributed by atoms with E-state index in [1.54, 1.807) is 0 Å². The van der Waals surface area contributed by atoms with Crippen LogP contribution < -0.4 is 12.4 Å². The molecule has 0 unspecified atom stereocenters. The summed E-state index contributed by atoms with van der Waals surface area (Å²) in [5.41, 5.74) is 1.23. The minimum atomic E-state index is -0.260. The third-order valence-corrected chi connectivity index (χ3v) is 5.62. The summed E-state index contributed by atoms with van der Waals surface area (Å²) in [4.78, 5) is 14.0. The molecule has 1 aromatic carbocycles. The topological polar surface area (TPSA) is 26.3 Å². The van der Waals surface area contributed by atoms with E-state index in [1.165, 1.54) is 27.9 Å². The first-order valence-electron chi connectivity index (χ1n) is 8.67. The van der Waals surface area contributed by atoms with Crippen molar-refractivity contribution >= 4 is 17.7 Å². The van der Waals surface area contributed by atoms with Crippen molar-refractivity contribution < 1.29 is 49.6 Å². The molecule has 2 nitrogen and oxygen atoms in total. The molecule has 5 heteroatoms. The van der Waals surface area contributed by atoms with Crippen LogP contribution in [0.5, 0.6) is 0 Å². The van der Waals surface area contributed by atoms with Gasteiger partial charge in [-0.3, -0.25) is 0 Å². The van der Waals surface area contributed by atoms with Crippen molar-refractivity contribution in [3.63, 3.8) is 0 Å². The van der Waals surface area contributed by atoms with E-state index in [2.05, 4.69) is 44.2 Å². The zero-order chi connectivity index (χ0) is 17.4. The Labute approximate surface area is 189 Å². The Balaban J connectivity index is 0.00000312. The van der Waals surface area contributed by atoms with E-state index in [9.17, 15) is 4.79 Å². The van der Waals surface area contributed by atoms with E-state index in [1.807, 2.05) is 24.8 Å². The number of allylic oxidation sites excluding steroid dienone is 3. The Morgan fingerprint density at radius 1 is 1.35 bits per heavy atom. The van der Waals surface area contributed by atoms with Gasteiger partial charge in [-0.1, -0.05) is 41.6 Å². The molecule has 0 heterocycles. The van der Waals surface area contributed by atoms with Crippen LogP contribution in [-0.2, 0) is 37.2 Å². The van der Waals surface area contributed by atoms with E-state index in [4.69, 9.17) is 4.74 Å². The molecule has 1 aromatic rings. The van der Waals surface area contributed by atoms with Gasteiger partial charge >= 0.3 is 33.6 Å². The van der Waals surface area contributed by atoms with Gasteiger partial charge in [0, 0.05) is 16.4 Å². The number of halogens is 1. The third kappa shape index (κ3) is 8.18. The van der Waals surface area contributed by atoms with Crippen LogP contribution in [-0.4, -0.2) is 12.6 Å². The van der Waals surface area contributed by atoms with Gasteiger partial charge in [-0.15, -0.1) is 0 Å². The number of benzene rings is 1. The Morgan fingerprint density at radius 2 is 2.04 bits per heavy atom. The molecule has 0 aromatic heterocycles. The summed E-state index contributed by atoms with van der Waals surface area (Å²) in [5, 5.41) is 0. The van der Waals surface area contributed by atoms with Crippen LogP contribution in [0.1, 0.15) is 44.6 Å². The van der Waals surface area contributed by atoms with Gasteiger partial charge < -0.3 is 17.1 Å². The molecule has 2 radical (unpaired) electrons. The average molecular weight is 580 g/mol. The fraction of sp³-hybridized carbons (Fsp3) is 0.429.